The van der Waals surface area contributed by atoms with E-state index in [-0.39, 0.29) is 11.8 Å². The van der Waals surface area contributed by atoms with Crippen LogP contribution >= 0.6 is 11.6 Å². The van der Waals surface area contributed by atoms with Crippen LogP contribution in [0.4, 0.5) is 0 Å². The molecule has 0 radical (unpaired) electrons. The number of aliphatic carboxylic acids is 1. The molecule has 4 heteroatoms. The van der Waals surface area contributed by atoms with Gasteiger partial charge in [-0.3, -0.25) is 4.79 Å². The van der Waals surface area contributed by atoms with Gasteiger partial charge in [-0.1, -0.05) is 37.1 Å². The van der Waals surface area contributed by atoms with Crippen molar-refractivity contribution in [3.8, 4) is 0 Å². The number of likely N-dealkylation sites (tertiary alicyclic amines) is 1. The van der Waals surface area contributed by atoms with Crippen molar-refractivity contribution in [2.45, 2.75) is 25.7 Å². The van der Waals surface area contributed by atoms with Crippen LogP contribution in [0.3, 0.4) is 0 Å². The van der Waals surface area contributed by atoms with Crippen molar-refractivity contribution in [2.24, 2.45) is 5.92 Å². The summed E-state index contributed by atoms with van der Waals surface area (Å²) in [7, 11) is 0. The smallest absolute Gasteiger partial charge is 0.308 e. The van der Waals surface area contributed by atoms with Crippen LogP contribution in [-0.4, -0.2) is 35.6 Å². The Kier molecular flexibility index (Phi) is 4.83. The molecular formula is C15H20ClNO2. The molecule has 19 heavy (non-hydrogen) atoms. The fourth-order valence-corrected chi connectivity index (χ4v) is 2.87. The number of carboxylic acid groups (broad SMARTS) is 1. The van der Waals surface area contributed by atoms with Gasteiger partial charge in [-0.25, -0.2) is 0 Å². The number of benzene rings is 1. The highest BCUT2D eigenvalue weighted by molar-refractivity contribution is 6.30. The molecule has 0 saturated carbocycles. The van der Waals surface area contributed by atoms with Gasteiger partial charge in [0.05, 0.1) is 5.92 Å². The van der Waals surface area contributed by atoms with Gasteiger partial charge in [-0.15, -0.1) is 0 Å². The Morgan fingerprint density at radius 1 is 1.37 bits per heavy atom. The van der Waals surface area contributed by atoms with E-state index in [0.717, 1.165) is 31.5 Å². The van der Waals surface area contributed by atoms with Gasteiger partial charge < -0.3 is 10.0 Å². The number of hydrogen-bond acceptors (Lipinski definition) is 2. The minimum absolute atomic E-state index is 0.0756. The second kappa shape index (κ2) is 6.40. The molecule has 0 spiro atoms. The second-order valence-electron chi connectivity index (χ2n) is 5.22. The SMILES string of the molecule is CCCCN1C[C@@H](C(=O)O)[C@H](c2ccc(Cl)cc2)C1. The first kappa shape index (κ1) is 14.4. The number of halogens is 1. The molecule has 1 saturated heterocycles. The van der Waals surface area contributed by atoms with E-state index in [4.69, 9.17) is 11.6 Å². The van der Waals surface area contributed by atoms with E-state index in [1.807, 2.05) is 24.3 Å². The molecule has 1 N–H and O–H groups in total. The second-order valence-corrected chi connectivity index (χ2v) is 5.65. The number of rotatable bonds is 5. The predicted octanol–water partition coefficient (Wildman–Crippen LogP) is 3.24. The molecule has 1 aromatic carbocycles. The van der Waals surface area contributed by atoms with Gasteiger partial charge in [0.2, 0.25) is 0 Å². The summed E-state index contributed by atoms with van der Waals surface area (Å²) in [6.07, 6.45) is 2.26. The normalized spacial score (nSPS) is 23.7. The summed E-state index contributed by atoms with van der Waals surface area (Å²) in [5.74, 6) is -0.927. The van der Waals surface area contributed by atoms with Crippen molar-refractivity contribution < 1.29 is 9.90 Å². The molecule has 0 aromatic heterocycles. The third kappa shape index (κ3) is 3.48. The van der Waals surface area contributed by atoms with E-state index in [1.54, 1.807) is 0 Å². The average molecular weight is 282 g/mol. The molecule has 0 bridgehead atoms. The first-order valence-electron chi connectivity index (χ1n) is 6.82. The highest BCUT2D eigenvalue weighted by atomic mass is 35.5. The molecule has 1 heterocycles. The summed E-state index contributed by atoms with van der Waals surface area (Å²) >= 11 is 5.89. The maximum Gasteiger partial charge on any atom is 0.308 e. The Balaban J connectivity index is 2.12. The molecule has 0 amide bonds. The molecule has 0 unspecified atom stereocenters. The van der Waals surface area contributed by atoms with Gasteiger partial charge in [0, 0.05) is 24.0 Å². The van der Waals surface area contributed by atoms with Crippen LogP contribution in [0.5, 0.6) is 0 Å². The van der Waals surface area contributed by atoms with Crippen molar-refractivity contribution in [3.63, 3.8) is 0 Å². The Morgan fingerprint density at radius 2 is 2.05 bits per heavy atom. The molecule has 3 nitrogen and oxygen atoms in total. The van der Waals surface area contributed by atoms with E-state index in [2.05, 4.69) is 11.8 Å². The Labute approximate surface area is 119 Å². The van der Waals surface area contributed by atoms with Crippen molar-refractivity contribution in [2.75, 3.05) is 19.6 Å². The lowest BCUT2D eigenvalue weighted by atomic mass is 9.89. The Morgan fingerprint density at radius 3 is 2.63 bits per heavy atom. The lowest BCUT2D eigenvalue weighted by molar-refractivity contribution is -0.141. The zero-order valence-corrected chi connectivity index (χ0v) is 11.9. The summed E-state index contributed by atoms with van der Waals surface area (Å²) in [5, 5.41) is 10.1. The molecule has 1 aliphatic rings. The van der Waals surface area contributed by atoms with Crippen LogP contribution in [0.2, 0.25) is 5.02 Å². The van der Waals surface area contributed by atoms with Crippen LogP contribution in [-0.2, 0) is 4.79 Å². The van der Waals surface area contributed by atoms with Crippen molar-refractivity contribution in [3.05, 3.63) is 34.9 Å². The minimum Gasteiger partial charge on any atom is -0.481 e. The molecular weight excluding hydrogens is 262 g/mol. The molecule has 1 fully saturated rings. The zero-order chi connectivity index (χ0) is 13.8. The van der Waals surface area contributed by atoms with Gasteiger partial charge in [0.25, 0.3) is 0 Å². The third-order valence-electron chi connectivity index (χ3n) is 3.84. The molecule has 0 aliphatic carbocycles. The molecule has 1 aromatic rings. The summed E-state index contributed by atoms with van der Waals surface area (Å²) in [4.78, 5) is 13.7. The first-order valence-corrected chi connectivity index (χ1v) is 7.20. The highest BCUT2D eigenvalue weighted by Gasteiger charge is 2.37. The highest BCUT2D eigenvalue weighted by Crippen LogP contribution is 2.33. The van der Waals surface area contributed by atoms with E-state index >= 15 is 0 Å². The van der Waals surface area contributed by atoms with Crippen molar-refractivity contribution in [1.82, 2.24) is 4.90 Å². The molecule has 1 aliphatic heterocycles. The minimum atomic E-state index is -0.695. The van der Waals surface area contributed by atoms with Crippen molar-refractivity contribution in [1.29, 1.82) is 0 Å². The number of carbonyl (C=O) groups is 1. The average Bonchev–Trinajstić information content (AvgIpc) is 2.81. The topological polar surface area (TPSA) is 40.5 Å². The maximum atomic E-state index is 11.4. The lowest BCUT2D eigenvalue weighted by Gasteiger charge is -2.15. The lowest BCUT2D eigenvalue weighted by Crippen LogP contribution is -2.24. The third-order valence-corrected chi connectivity index (χ3v) is 4.09. The molecule has 2 atom stereocenters. The maximum absolute atomic E-state index is 11.4. The number of nitrogens with zero attached hydrogens (tertiary/aromatic N) is 1. The van der Waals surface area contributed by atoms with Crippen LogP contribution in [0.1, 0.15) is 31.2 Å². The van der Waals surface area contributed by atoms with Crippen LogP contribution in [0.15, 0.2) is 24.3 Å². The quantitative estimate of drug-likeness (QED) is 0.901. The Bertz CT molecular complexity index is 432. The zero-order valence-electron chi connectivity index (χ0n) is 11.2. The van der Waals surface area contributed by atoms with Crippen LogP contribution < -0.4 is 0 Å². The fourth-order valence-electron chi connectivity index (χ4n) is 2.75. The van der Waals surface area contributed by atoms with E-state index < -0.39 is 5.97 Å². The van der Waals surface area contributed by atoms with Gasteiger partial charge in [0.1, 0.15) is 0 Å². The van der Waals surface area contributed by atoms with Crippen molar-refractivity contribution >= 4 is 17.6 Å². The first-order chi connectivity index (χ1) is 9.11. The van der Waals surface area contributed by atoms with E-state index in [9.17, 15) is 9.90 Å². The van der Waals surface area contributed by atoms with Crippen LogP contribution in [0, 0.1) is 5.92 Å². The molecule has 2 rings (SSSR count). The standard InChI is InChI=1S/C15H20ClNO2/c1-2-3-8-17-9-13(14(10-17)15(18)19)11-4-6-12(16)7-5-11/h4-7,13-14H,2-3,8-10H2,1H3,(H,18,19)/t13-,14+/m0/s1. The number of carboxylic acids is 1. The number of unbranched alkanes of at least 4 members (excludes halogenated alkanes) is 1. The van der Waals surface area contributed by atoms with Gasteiger partial charge in [-0.05, 0) is 30.7 Å². The van der Waals surface area contributed by atoms with Crippen LogP contribution in [0.25, 0.3) is 0 Å². The summed E-state index contributed by atoms with van der Waals surface area (Å²) in [6.45, 7) is 4.63. The fraction of sp³-hybridized carbons (Fsp3) is 0.533. The largest absolute Gasteiger partial charge is 0.481 e. The van der Waals surface area contributed by atoms with Gasteiger partial charge >= 0.3 is 5.97 Å². The number of hydrogen-bond donors (Lipinski definition) is 1. The van der Waals surface area contributed by atoms with E-state index in [1.165, 1.54) is 0 Å². The summed E-state index contributed by atoms with van der Waals surface area (Å²) in [5.41, 5.74) is 1.08. The Hall–Kier alpha value is -1.06. The monoisotopic (exact) mass is 281 g/mol. The molecule has 104 valence electrons. The van der Waals surface area contributed by atoms with E-state index in [0.29, 0.717) is 11.6 Å². The summed E-state index contributed by atoms with van der Waals surface area (Å²) in [6, 6.07) is 7.58. The van der Waals surface area contributed by atoms with Gasteiger partial charge in [0.15, 0.2) is 0 Å². The summed E-state index contributed by atoms with van der Waals surface area (Å²) < 4.78 is 0. The van der Waals surface area contributed by atoms with Gasteiger partial charge in [-0.2, -0.15) is 0 Å². The predicted molar refractivity (Wildman–Crippen MR) is 76.7 cm³/mol.